The number of hydrogen-bond donors (Lipinski definition) is 1. The lowest BCUT2D eigenvalue weighted by Crippen LogP contribution is -1.88. The zero-order valence-electron chi connectivity index (χ0n) is 7.29. The highest BCUT2D eigenvalue weighted by molar-refractivity contribution is 7.99. The summed E-state index contributed by atoms with van der Waals surface area (Å²) >= 11 is 1.39. The Morgan fingerprint density at radius 1 is 1.07 bits per heavy atom. The molecule has 70 valence electrons. The molecule has 0 amide bonds. The lowest BCUT2D eigenvalue weighted by molar-refractivity contribution is 0.960. The smallest absolute Gasteiger partial charge is 0.193 e. The Bertz CT molecular complexity index is 418. The largest absolute Gasteiger partial charge is 0.399 e. The first-order valence-electron chi connectivity index (χ1n) is 4.01. The van der Waals surface area contributed by atoms with E-state index in [2.05, 4.69) is 15.0 Å². The number of pyridine rings is 1. The van der Waals surface area contributed by atoms with Gasteiger partial charge in [0.05, 0.1) is 0 Å². The fourth-order valence-electron chi connectivity index (χ4n) is 0.912. The van der Waals surface area contributed by atoms with E-state index in [1.54, 1.807) is 36.8 Å². The van der Waals surface area contributed by atoms with Crippen molar-refractivity contribution < 1.29 is 0 Å². The van der Waals surface area contributed by atoms with E-state index in [9.17, 15) is 0 Å². The summed E-state index contributed by atoms with van der Waals surface area (Å²) in [7, 11) is 0. The SMILES string of the molecule is Nc1ccnc(Sc2ncccn2)c1. The molecule has 0 spiro atoms. The molecule has 0 fully saturated rings. The topological polar surface area (TPSA) is 64.7 Å². The lowest BCUT2D eigenvalue weighted by Gasteiger charge is -1.98. The summed E-state index contributed by atoms with van der Waals surface area (Å²) in [6.45, 7) is 0. The van der Waals surface area contributed by atoms with E-state index < -0.39 is 0 Å². The van der Waals surface area contributed by atoms with Crippen LogP contribution in [-0.2, 0) is 0 Å². The molecule has 2 N–H and O–H groups in total. The number of nitrogen functional groups attached to an aromatic ring is 1. The summed E-state index contributed by atoms with van der Waals surface area (Å²) in [5, 5.41) is 1.47. The van der Waals surface area contributed by atoms with Gasteiger partial charge in [-0.25, -0.2) is 15.0 Å². The predicted octanol–water partition coefficient (Wildman–Crippen LogP) is 1.60. The first-order chi connectivity index (χ1) is 6.84. The fourth-order valence-corrected chi connectivity index (χ4v) is 1.63. The lowest BCUT2D eigenvalue weighted by atomic mass is 10.4. The molecule has 0 bridgehead atoms. The van der Waals surface area contributed by atoms with Crippen molar-refractivity contribution in [1.29, 1.82) is 0 Å². The van der Waals surface area contributed by atoms with Gasteiger partial charge >= 0.3 is 0 Å². The Labute approximate surface area is 85.6 Å². The second-order valence-corrected chi connectivity index (χ2v) is 3.55. The normalized spacial score (nSPS) is 10.0. The summed E-state index contributed by atoms with van der Waals surface area (Å²) in [6.07, 6.45) is 5.06. The molecule has 0 unspecified atom stereocenters. The third-order valence-corrected chi connectivity index (χ3v) is 2.32. The van der Waals surface area contributed by atoms with Gasteiger partial charge < -0.3 is 5.73 Å². The molecule has 2 heterocycles. The zero-order chi connectivity index (χ0) is 9.80. The standard InChI is InChI=1S/C9H8N4S/c10-7-2-5-11-8(6-7)14-9-12-3-1-4-13-9/h1-6H,(H2,10,11). The van der Waals surface area contributed by atoms with Crippen molar-refractivity contribution in [3.8, 4) is 0 Å². The first-order valence-corrected chi connectivity index (χ1v) is 4.82. The summed E-state index contributed by atoms with van der Waals surface area (Å²) in [6, 6.07) is 5.31. The highest BCUT2D eigenvalue weighted by atomic mass is 32.2. The Morgan fingerprint density at radius 3 is 2.57 bits per heavy atom. The number of aromatic nitrogens is 3. The van der Waals surface area contributed by atoms with Crippen LogP contribution in [0.3, 0.4) is 0 Å². The van der Waals surface area contributed by atoms with Gasteiger partial charge in [-0.3, -0.25) is 0 Å². The van der Waals surface area contributed by atoms with Gasteiger partial charge in [-0.15, -0.1) is 0 Å². The highest BCUT2D eigenvalue weighted by Crippen LogP contribution is 2.22. The van der Waals surface area contributed by atoms with Gasteiger partial charge in [0.15, 0.2) is 5.16 Å². The summed E-state index contributed by atoms with van der Waals surface area (Å²) in [5.41, 5.74) is 6.31. The molecule has 14 heavy (non-hydrogen) atoms. The molecule has 2 aromatic heterocycles. The molecule has 5 heteroatoms. The van der Waals surface area contributed by atoms with Crippen LogP contribution in [-0.4, -0.2) is 15.0 Å². The van der Waals surface area contributed by atoms with Crippen molar-refractivity contribution >= 4 is 17.4 Å². The molecule has 0 aliphatic rings. The fraction of sp³-hybridized carbons (Fsp3) is 0. The van der Waals surface area contributed by atoms with Gasteiger partial charge in [-0.05, 0) is 30.0 Å². The van der Waals surface area contributed by atoms with Gasteiger partial charge in [0, 0.05) is 24.3 Å². The average molecular weight is 204 g/mol. The van der Waals surface area contributed by atoms with E-state index in [0.29, 0.717) is 10.8 Å². The van der Waals surface area contributed by atoms with Crippen molar-refractivity contribution in [3.63, 3.8) is 0 Å². The maximum atomic E-state index is 5.62. The first kappa shape index (κ1) is 8.96. The minimum atomic E-state index is 0.672. The second-order valence-electron chi connectivity index (χ2n) is 2.56. The molecule has 0 atom stereocenters. The predicted molar refractivity (Wildman–Crippen MR) is 54.8 cm³/mol. The summed E-state index contributed by atoms with van der Waals surface area (Å²) in [5.74, 6) is 0. The highest BCUT2D eigenvalue weighted by Gasteiger charge is 2.00. The third-order valence-electron chi connectivity index (χ3n) is 1.50. The molecular weight excluding hydrogens is 196 g/mol. The Morgan fingerprint density at radius 2 is 1.86 bits per heavy atom. The minimum Gasteiger partial charge on any atom is -0.399 e. The average Bonchev–Trinajstić information content (AvgIpc) is 2.19. The minimum absolute atomic E-state index is 0.672. The number of nitrogens with zero attached hydrogens (tertiary/aromatic N) is 3. The van der Waals surface area contributed by atoms with Crippen LogP contribution in [0.2, 0.25) is 0 Å². The number of rotatable bonds is 2. The molecule has 2 rings (SSSR count). The molecule has 0 saturated heterocycles. The van der Waals surface area contributed by atoms with Crippen LogP contribution in [0.4, 0.5) is 5.69 Å². The van der Waals surface area contributed by atoms with Gasteiger partial charge in [-0.2, -0.15) is 0 Å². The Balaban J connectivity index is 2.19. The molecule has 0 radical (unpaired) electrons. The van der Waals surface area contributed by atoms with Gasteiger partial charge in [0.2, 0.25) is 0 Å². The van der Waals surface area contributed by atoms with Crippen molar-refractivity contribution in [2.75, 3.05) is 5.73 Å². The monoisotopic (exact) mass is 204 g/mol. The van der Waals surface area contributed by atoms with Crippen LogP contribution in [0.5, 0.6) is 0 Å². The van der Waals surface area contributed by atoms with Crippen molar-refractivity contribution in [2.24, 2.45) is 0 Å². The van der Waals surface area contributed by atoms with Crippen molar-refractivity contribution in [1.82, 2.24) is 15.0 Å². The number of anilines is 1. The molecule has 0 aliphatic heterocycles. The number of nitrogens with two attached hydrogens (primary N) is 1. The Hall–Kier alpha value is -1.62. The third kappa shape index (κ3) is 2.20. The Kier molecular flexibility index (Phi) is 2.60. The van der Waals surface area contributed by atoms with Crippen LogP contribution in [0, 0.1) is 0 Å². The molecule has 4 nitrogen and oxygen atoms in total. The van der Waals surface area contributed by atoms with Crippen LogP contribution in [0.25, 0.3) is 0 Å². The van der Waals surface area contributed by atoms with Crippen molar-refractivity contribution in [3.05, 3.63) is 36.8 Å². The molecule has 0 aromatic carbocycles. The number of hydrogen-bond acceptors (Lipinski definition) is 5. The van der Waals surface area contributed by atoms with Crippen LogP contribution in [0.1, 0.15) is 0 Å². The van der Waals surface area contributed by atoms with Crippen LogP contribution >= 0.6 is 11.8 Å². The van der Waals surface area contributed by atoms with Gasteiger partial charge in [-0.1, -0.05) is 0 Å². The maximum Gasteiger partial charge on any atom is 0.193 e. The van der Waals surface area contributed by atoms with E-state index in [4.69, 9.17) is 5.73 Å². The summed E-state index contributed by atoms with van der Waals surface area (Å²) < 4.78 is 0. The van der Waals surface area contributed by atoms with Gasteiger partial charge in [0.1, 0.15) is 5.03 Å². The van der Waals surface area contributed by atoms with Crippen LogP contribution in [0.15, 0.2) is 47.0 Å². The van der Waals surface area contributed by atoms with E-state index in [-0.39, 0.29) is 0 Å². The van der Waals surface area contributed by atoms with E-state index >= 15 is 0 Å². The molecule has 2 aromatic rings. The van der Waals surface area contributed by atoms with Crippen molar-refractivity contribution in [2.45, 2.75) is 10.2 Å². The van der Waals surface area contributed by atoms with E-state index in [1.807, 2.05) is 0 Å². The van der Waals surface area contributed by atoms with Gasteiger partial charge in [0.25, 0.3) is 0 Å². The second kappa shape index (κ2) is 4.06. The van der Waals surface area contributed by atoms with E-state index in [0.717, 1.165) is 5.03 Å². The zero-order valence-corrected chi connectivity index (χ0v) is 8.11. The molecule has 0 aliphatic carbocycles. The van der Waals surface area contributed by atoms with Crippen LogP contribution < -0.4 is 5.73 Å². The maximum absolute atomic E-state index is 5.62. The molecular formula is C9H8N4S. The molecule has 0 saturated carbocycles. The van der Waals surface area contributed by atoms with E-state index in [1.165, 1.54) is 11.8 Å². The summed E-state index contributed by atoms with van der Waals surface area (Å²) in [4.78, 5) is 12.3. The quantitative estimate of drug-likeness (QED) is 0.753.